The highest BCUT2D eigenvalue weighted by Crippen LogP contribution is 2.19. The first-order chi connectivity index (χ1) is 8.95. The van der Waals surface area contributed by atoms with Crippen LogP contribution in [0.2, 0.25) is 0 Å². The molecule has 0 aliphatic rings. The fourth-order valence-corrected chi connectivity index (χ4v) is 1.80. The Morgan fingerprint density at radius 3 is 2.74 bits per heavy atom. The number of hydrogen-bond acceptors (Lipinski definition) is 4. The predicted molar refractivity (Wildman–Crippen MR) is 71.0 cm³/mol. The van der Waals surface area contributed by atoms with Crippen LogP contribution in [0.25, 0.3) is 0 Å². The van der Waals surface area contributed by atoms with Gasteiger partial charge in [0, 0.05) is 18.2 Å². The van der Waals surface area contributed by atoms with Crippen molar-refractivity contribution in [2.24, 2.45) is 0 Å². The van der Waals surface area contributed by atoms with Gasteiger partial charge in [0.25, 0.3) is 5.69 Å². The molecule has 6 nitrogen and oxygen atoms in total. The van der Waals surface area contributed by atoms with E-state index in [2.05, 4.69) is 5.32 Å². The monoisotopic (exact) mass is 266 g/mol. The second-order valence-electron chi connectivity index (χ2n) is 4.44. The van der Waals surface area contributed by atoms with E-state index in [1.807, 2.05) is 6.92 Å². The minimum absolute atomic E-state index is 0.0571. The van der Waals surface area contributed by atoms with Crippen LogP contribution in [0.1, 0.15) is 30.9 Å². The Balaban J connectivity index is 2.74. The quantitative estimate of drug-likeness (QED) is 0.583. The van der Waals surface area contributed by atoms with Crippen molar-refractivity contribution in [2.75, 3.05) is 0 Å². The molecular formula is C13H18N2O4. The fourth-order valence-electron chi connectivity index (χ4n) is 1.80. The maximum Gasteiger partial charge on any atom is 0.320 e. The lowest BCUT2D eigenvalue weighted by Gasteiger charge is -2.13. The summed E-state index contributed by atoms with van der Waals surface area (Å²) in [6, 6.07) is 4.29. The number of nitrogens with one attached hydrogen (secondary N) is 1. The van der Waals surface area contributed by atoms with E-state index in [0.717, 1.165) is 6.42 Å². The molecule has 0 amide bonds. The molecular weight excluding hydrogens is 248 g/mol. The van der Waals surface area contributed by atoms with Gasteiger partial charge in [-0.25, -0.2) is 0 Å². The molecule has 6 heteroatoms. The van der Waals surface area contributed by atoms with Crippen LogP contribution in [-0.2, 0) is 11.3 Å². The molecule has 0 spiro atoms. The largest absolute Gasteiger partial charge is 0.480 e. The number of carboxylic acid groups (broad SMARTS) is 1. The van der Waals surface area contributed by atoms with Gasteiger partial charge in [-0.3, -0.25) is 14.9 Å². The number of nitrogens with zero attached hydrogens (tertiary/aromatic N) is 1. The molecule has 0 aliphatic carbocycles. The Morgan fingerprint density at radius 2 is 2.21 bits per heavy atom. The molecule has 1 aromatic rings. The van der Waals surface area contributed by atoms with Crippen molar-refractivity contribution >= 4 is 11.7 Å². The van der Waals surface area contributed by atoms with Crippen molar-refractivity contribution in [1.29, 1.82) is 0 Å². The Morgan fingerprint density at radius 1 is 1.53 bits per heavy atom. The summed E-state index contributed by atoms with van der Waals surface area (Å²) in [6.07, 6.45) is 1.29. The lowest BCUT2D eigenvalue weighted by molar-refractivity contribution is -0.385. The van der Waals surface area contributed by atoms with E-state index in [4.69, 9.17) is 5.11 Å². The van der Waals surface area contributed by atoms with Gasteiger partial charge in [0.2, 0.25) is 0 Å². The van der Waals surface area contributed by atoms with Gasteiger partial charge in [0.1, 0.15) is 6.04 Å². The number of carboxylic acids is 1. The molecule has 104 valence electrons. The summed E-state index contributed by atoms with van der Waals surface area (Å²) in [5.74, 6) is -0.900. The summed E-state index contributed by atoms with van der Waals surface area (Å²) in [4.78, 5) is 21.4. The Kier molecular flexibility index (Phi) is 5.44. The Bertz CT molecular complexity index is 474. The molecule has 0 aromatic heterocycles. The van der Waals surface area contributed by atoms with Gasteiger partial charge >= 0.3 is 5.97 Å². The van der Waals surface area contributed by atoms with E-state index in [1.165, 1.54) is 6.07 Å². The normalized spacial score (nSPS) is 12.1. The Labute approximate surface area is 111 Å². The number of carbonyl (C=O) groups is 1. The highest BCUT2D eigenvalue weighted by Gasteiger charge is 2.16. The van der Waals surface area contributed by atoms with Crippen LogP contribution in [0.15, 0.2) is 18.2 Å². The number of nitro groups is 1. The fraction of sp³-hybridized carbons (Fsp3) is 0.462. The zero-order chi connectivity index (χ0) is 14.4. The second-order valence-corrected chi connectivity index (χ2v) is 4.44. The molecule has 1 atom stereocenters. The molecule has 0 heterocycles. The van der Waals surface area contributed by atoms with Crippen molar-refractivity contribution in [1.82, 2.24) is 5.32 Å². The average molecular weight is 266 g/mol. The molecule has 19 heavy (non-hydrogen) atoms. The second kappa shape index (κ2) is 6.84. The molecule has 0 bridgehead atoms. The van der Waals surface area contributed by atoms with Gasteiger partial charge in [-0.15, -0.1) is 0 Å². The van der Waals surface area contributed by atoms with Gasteiger partial charge in [-0.05, 0) is 18.9 Å². The summed E-state index contributed by atoms with van der Waals surface area (Å²) in [6.45, 7) is 3.89. The minimum Gasteiger partial charge on any atom is -0.480 e. The predicted octanol–water partition coefficient (Wildman–Crippen LogP) is 2.25. The van der Waals surface area contributed by atoms with E-state index in [1.54, 1.807) is 19.1 Å². The van der Waals surface area contributed by atoms with Gasteiger partial charge in [-0.2, -0.15) is 0 Å². The zero-order valence-corrected chi connectivity index (χ0v) is 11.0. The lowest BCUT2D eigenvalue weighted by Crippen LogP contribution is -2.36. The van der Waals surface area contributed by atoms with Crippen LogP contribution in [0, 0.1) is 17.0 Å². The van der Waals surface area contributed by atoms with Crippen LogP contribution in [0.4, 0.5) is 5.69 Å². The Hall–Kier alpha value is -1.95. The third-order valence-corrected chi connectivity index (χ3v) is 2.90. The van der Waals surface area contributed by atoms with Crippen LogP contribution < -0.4 is 5.32 Å². The van der Waals surface area contributed by atoms with E-state index in [0.29, 0.717) is 24.1 Å². The van der Waals surface area contributed by atoms with Crippen molar-refractivity contribution in [2.45, 2.75) is 39.3 Å². The van der Waals surface area contributed by atoms with Gasteiger partial charge in [0.15, 0.2) is 0 Å². The van der Waals surface area contributed by atoms with Crippen LogP contribution in [-0.4, -0.2) is 22.0 Å². The number of aryl methyl sites for hydroxylation is 1. The van der Waals surface area contributed by atoms with Crippen LogP contribution >= 0.6 is 0 Å². The molecule has 0 saturated carbocycles. The van der Waals surface area contributed by atoms with Gasteiger partial charge in [-0.1, -0.05) is 25.5 Å². The number of rotatable bonds is 7. The third kappa shape index (κ3) is 4.33. The van der Waals surface area contributed by atoms with Gasteiger partial charge < -0.3 is 10.4 Å². The number of nitro benzene ring substituents is 1. The van der Waals surface area contributed by atoms with E-state index in [-0.39, 0.29) is 5.69 Å². The van der Waals surface area contributed by atoms with E-state index >= 15 is 0 Å². The molecule has 2 N–H and O–H groups in total. The first kappa shape index (κ1) is 15.1. The minimum atomic E-state index is -0.900. The highest BCUT2D eigenvalue weighted by molar-refractivity contribution is 5.73. The first-order valence-electron chi connectivity index (χ1n) is 6.15. The van der Waals surface area contributed by atoms with E-state index in [9.17, 15) is 14.9 Å². The molecule has 0 fully saturated rings. The molecule has 0 aliphatic heterocycles. The molecule has 0 saturated heterocycles. The highest BCUT2D eigenvalue weighted by atomic mass is 16.6. The number of aliphatic carboxylic acids is 1. The molecule has 1 aromatic carbocycles. The zero-order valence-electron chi connectivity index (χ0n) is 11.0. The summed E-state index contributed by atoms with van der Waals surface area (Å²) >= 11 is 0. The van der Waals surface area contributed by atoms with E-state index < -0.39 is 16.9 Å². The summed E-state index contributed by atoms with van der Waals surface area (Å²) < 4.78 is 0. The van der Waals surface area contributed by atoms with Crippen molar-refractivity contribution in [3.8, 4) is 0 Å². The maximum absolute atomic E-state index is 11.0. The third-order valence-electron chi connectivity index (χ3n) is 2.90. The van der Waals surface area contributed by atoms with Crippen LogP contribution in [0.3, 0.4) is 0 Å². The van der Waals surface area contributed by atoms with Crippen molar-refractivity contribution < 1.29 is 14.8 Å². The molecule has 1 unspecified atom stereocenters. The maximum atomic E-state index is 11.0. The molecule has 0 radical (unpaired) electrons. The van der Waals surface area contributed by atoms with Crippen molar-refractivity contribution in [3.05, 3.63) is 39.4 Å². The van der Waals surface area contributed by atoms with Crippen molar-refractivity contribution in [3.63, 3.8) is 0 Å². The first-order valence-corrected chi connectivity index (χ1v) is 6.15. The smallest absolute Gasteiger partial charge is 0.320 e. The number of benzene rings is 1. The summed E-state index contributed by atoms with van der Waals surface area (Å²) in [7, 11) is 0. The molecule has 1 rings (SSSR count). The average Bonchev–Trinajstić information content (AvgIpc) is 2.35. The van der Waals surface area contributed by atoms with Crippen LogP contribution in [0.5, 0.6) is 0 Å². The lowest BCUT2D eigenvalue weighted by atomic mass is 10.1. The standard InChI is InChI=1S/C13H18N2O4/c1-3-4-11(13(16)17)14-8-10-6-5-9(2)12(7-10)15(18)19/h5-7,11,14H,3-4,8H2,1-2H3,(H,16,17). The summed E-state index contributed by atoms with van der Waals surface area (Å²) in [5, 5.41) is 22.7. The SMILES string of the molecule is CCCC(NCc1ccc(C)c([N+](=O)[O-])c1)C(=O)O. The topological polar surface area (TPSA) is 92.5 Å². The van der Waals surface area contributed by atoms with Gasteiger partial charge in [0.05, 0.1) is 4.92 Å². The number of hydrogen-bond donors (Lipinski definition) is 2. The summed E-state index contributed by atoms with van der Waals surface area (Å²) in [5.41, 5.74) is 1.36.